The maximum atomic E-state index is 5.27. The Hall–Kier alpha value is -2.07. The van der Waals surface area contributed by atoms with Crippen LogP contribution in [0.3, 0.4) is 0 Å². The second kappa shape index (κ2) is 6.20. The van der Waals surface area contributed by atoms with Crippen LogP contribution in [-0.4, -0.2) is 12.2 Å². The van der Waals surface area contributed by atoms with Gasteiger partial charge in [-0.2, -0.15) is 0 Å². The molecule has 0 fully saturated rings. The molecule has 0 saturated heterocycles. The first-order chi connectivity index (χ1) is 9.19. The maximum absolute atomic E-state index is 5.27. The van der Waals surface area contributed by atoms with E-state index < -0.39 is 0 Å². The molecule has 97 valence electrons. The van der Waals surface area contributed by atoms with Crippen molar-refractivity contribution < 1.29 is 4.74 Å². The Kier molecular flexibility index (Phi) is 4.36. The van der Waals surface area contributed by atoms with Gasteiger partial charge < -0.3 is 15.4 Å². The minimum atomic E-state index is 0.515. The van der Waals surface area contributed by atoms with Gasteiger partial charge in [0.2, 0.25) is 0 Å². The molecule has 3 nitrogen and oxygen atoms in total. The number of hydrogen-bond acceptors (Lipinski definition) is 2. The van der Waals surface area contributed by atoms with Gasteiger partial charge in [-0.3, -0.25) is 0 Å². The molecule has 0 atom stereocenters. The Labute approximate surface area is 118 Å². The number of hydrogen-bond donors (Lipinski definition) is 2. The summed E-state index contributed by atoms with van der Waals surface area (Å²) in [5.41, 5.74) is 2.71. The van der Waals surface area contributed by atoms with E-state index in [1.807, 2.05) is 48.5 Å². The molecule has 2 aromatic carbocycles. The van der Waals surface area contributed by atoms with E-state index in [1.165, 1.54) is 0 Å². The van der Waals surface area contributed by atoms with Crippen LogP contribution >= 0.6 is 12.2 Å². The molecule has 0 aliphatic heterocycles. The summed E-state index contributed by atoms with van der Waals surface area (Å²) in [5.74, 6) is 0.750. The van der Waals surface area contributed by atoms with E-state index in [1.54, 1.807) is 7.11 Å². The van der Waals surface area contributed by atoms with Crippen LogP contribution in [-0.2, 0) is 0 Å². The molecule has 0 amide bonds. The largest absolute Gasteiger partial charge is 0.495 e. The Morgan fingerprint density at radius 1 is 1.05 bits per heavy atom. The second-order valence-corrected chi connectivity index (χ2v) is 4.38. The van der Waals surface area contributed by atoms with Crippen LogP contribution in [0.5, 0.6) is 5.75 Å². The predicted octanol–water partition coefficient (Wildman–Crippen LogP) is 3.69. The maximum Gasteiger partial charge on any atom is 0.175 e. The minimum absolute atomic E-state index is 0.515. The zero-order valence-corrected chi connectivity index (χ0v) is 11.5. The van der Waals surface area contributed by atoms with Gasteiger partial charge in [-0.25, -0.2) is 0 Å². The van der Waals surface area contributed by atoms with Gasteiger partial charge in [0.15, 0.2) is 5.11 Å². The molecule has 0 bridgehead atoms. The predicted molar refractivity (Wildman–Crippen MR) is 83.7 cm³/mol. The second-order valence-electron chi connectivity index (χ2n) is 3.98. The van der Waals surface area contributed by atoms with Gasteiger partial charge in [0, 0.05) is 5.69 Å². The lowest BCUT2D eigenvalue weighted by Gasteiger charge is -2.13. The smallest absolute Gasteiger partial charge is 0.175 e. The van der Waals surface area contributed by atoms with Crippen LogP contribution in [0.2, 0.25) is 0 Å². The summed E-state index contributed by atoms with van der Waals surface area (Å²) >= 11 is 5.27. The summed E-state index contributed by atoms with van der Waals surface area (Å²) in [6.45, 7) is 3.84. The quantitative estimate of drug-likeness (QED) is 0.834. The highest BCUT2D eigenvalue weighted by Crippen LogP contribution is 2.23. The van der Waals surface area contributed by atoms with Crippen molar-refractivity contribution in [3.63, 3.8) is 0 Å². The van der Waals surface area contributed by atoms with Crippen molar-refractivity contribution in [3.8, 4) is 5.75 Å². The third-order valence-corrected chi connectivity index (χ3v) is 2.77. The van der Waals surface area contributed by atoms with Gasteiger partial charge in [-0.15, -0.1) is 0 Å². The Morgan fingerprint density at radius 3 is 2.42 bits per heavy atom. The summed E-state index contributed by atoms with van der Waals surface area (Å²) < 4.78 is 5.25. The zero-order chi connectivity index (χ0) is 13.7. The molecule has 19 heavy (non-hydrogen) atoms. The minimum Gasteiger partial charge on any atom is -0.495 e. The van der Waals surface area contributed by atoms with E-state index in [0.29, 0.717) is 5.11 Å². The van der Waals surface area contributed by atoms with Crippen LogP contribution in [0.1, 0.15) is 5.56 Å². The fraction of sp³-hybridized carbons (Fsp3) is 0.0667. The molecule has 0 aromatic heterocycles. The number of benzene rings is 2. The molecular weight excluding hydrogens is 256 g/mol. The standard InChI is InChI=1S/C15H15N2OS/c1-11-7-9-12(10-8-11)16-15(19)17-13-5-3-4-6-14(13)18-2/h3-10H,1H2,2H3,(H2,16,17,19). The molecule has 2 rings (SSSR count). The lowest BCUT2D eigenvalue weighted by atomic mass is 10.2. The van der Waals surface area contributed by atoms with Gasteiger partial charge in [0.1, 0.15) is 5.75 Å². The third-order valence-electron chi connectivity index (χ3n) is 2.57. The highest BCUT2D eigenvalue weighted by molar-refractivity contribution is 7.80. The fourth-order valence-corrected chi connectivity index (χ4v) is 1.85. The molecule has 0 spiro atoms. The van der Waals surface area contributed by atoms with Gasteiger partial charge in [-0.05, 0) is 49.0 Å². The molecule has 0 saturated carbocycles. The van der Waals surface area contributed by atoms with Crippen LogP contribution in [0, 0.1) is 6.92 Å². The molecule has 0 unspecified atom stereocenters. The lowest BCUT2D eigenvalue weighted by molar-refractivity contribution is 0.417. The van der Waals surface area contributed by atoms with Crippen molar-refractivity contribution in [3.05, 3.63) is 61.0 Å². The lowest BCUT2D eigenvalue weighted by Crippen LogP contribution is -2.19. The first-order valence-corrected chi connectivity index (χ1v) is 6.23. The molecule has 2 aromatic rings. The summed E-state index contributed by atoms with van der Waals surface area (Å²) in [6.07, 6.45) is 0. The molecule has 2 N–H and O–H groups in total. The molecule has 0 aliphatic rings. The van der Waals surface area contributed by atoms with Crippen LogP contribution in [0.25, 0.3) is 0 Å². The van der Waals surface area contributed by atoms with Gasteiger partial charge in [-0.1, -0.05) is 24.3 Å². The van der Waals surface area contributed by atoms with E-state index in [-0.39, 0.29) is 0 Å². The fourth-order valence-electron chi connectivity index (χ4n) is 1.62. The van der Waals surface area contributed by atoms with E-state index in [9.17, 15) is 0 Å². The van der Waals surface area contributed by atoms with Gasteiger partial charge >= 0.3 is 0 Å². The van der Waals surface area contributed by atoms with E-state index in [0.717, 1.165) is 22.7 Å². The number of methoxy groups -OCH3 is 1. The van der Waals surface area contributed by atoms with Gasteiger partial charge in [0.05, 0.1) is 12.8 Å². The van der Waals surface area contributed by atoms with Crippen LogP contribution in [0.4, 0.5) is 11.4 Å². The highest BCUT2D eigenvalue weighted by Gasteiger charge is 2.03. The molecule has 0 aliphatic carbocycles. The number of ether oxygens (including phenoxy) is 1. The molecule has 4 heteroatoms. The Bertz CT molecular complexity index is 567. The van der Waals surface area contributed by atoms with Crippen molar-refractivity contribution >= 4 is 28.7 Å². The van der Waals surface area contributed by atoms with Crippen molar-refractivity contribution in [1.82, 2.24) is 0 Å². The normalized spacial score (nSPS) is 9.79. The molecule has 0 heterocycles. The Balaban J connectivity index is 2.03. The summed E-state index contributed by atoms with van der Waals surface area (Å²) in [4.78, 5) is 0. The number of para-hydroxylation sites is 2. The van der Waals surface area contributed by atoms with Crippen molar-refractivity contribution in [2.45, 2.75) is 0 Å². The van der Waals surface area contributed by atoms with Gasteiger partial charge in [0.25, 0.3) is 0 Å². The summed E-state index contributed by atoms with van der Waals surface area (Å²) in [5, 5.41) is 6.73. The van der Waals surface area contributed by atoms with E-state index in [4.69, 9.17) is 17.0 Å². The number of thiocarbonyl (C=S) groups is 1. The third kappa shape index (κ3) is 3.69. The summed E-state index contributed by atoms with van der Waals surface area (Å²) in [6, 6.07) is 15.3. The number of anilines is 2. The zero-order valence-electron chi connectivity index (χ0n) is 10.6. The average molecular weight is 271 g/mol. The molecular formula is C15H15N2OS. The first-order valence-electron chi connectivity index (χ1n) is 5.82. The average Bonchev–Trinajstić information content (AvgIpc) is 2.42. The van der Waals surface area contributed by atoms with Crippen molar-refractivity contribution in [2.24, 2.45) is 0 Å². The van der Waals surface area contributed by atoms with Crippen molar-refractivity contribution in [2.75, 3.05) is 17.7 Å². The number of rotatable bonds is 3. The van der Waals surface area contributed by atoms with Crippen LogP contribution in [0.15, 0.2) is 48.5 Å². The monoisotopic (exact) mass is 271 g/mol. The van der Waals surface area contributed by atoms with E-state index >= 15 is 0 Å². The topological polar surface area (TPSA) is 33.3 Å². The Morgan fingerprint density at radius 2 is 1.74 bits per heavy atom. The summed E-state index contributed by atoms with van der Waals surface area (Å²) in [7, 11) is 1.63. The van der Waals surface area contributed by atoms with Crippen molar-refractivity contribution in [1.29, 1.82) is 0 Å². The highest BCUT2D eigenvalue weighted by atomic mass is 32.1. The molecule has 1 radical (unpaired) electrons. The SMILES string of the molecule is [CH2]c1ccc(NC(=S)Nc2ccccc2OC)cc1. The van der Waals surface area contributed by atoms with E-state index in [2.05, 4.69) is 17.6 Å². The first kappa shape index (κ1) is 13.4. The van der Waals surface area contributed by atoms with Crippen LogP contribution < -0.4 is 15.4 Å². The number of nitrogens with one attached hydrogen (secondary N) is 2.